The number of carbonyl (C=O) groups excluding carboxylic acids is 1. The van der Waals surface area contributed by atoms with E-state index in [9.17, 15) is 13.2 Å². The van der Waals surface area contributed by atoms with E-state index in [1.54, 1.807) is 0 Å². The molecule has 1 saturated carbocycles. The van der Waals surface area contributed by atoms with Crippen molar-refractivity contribution in [3.05, 3.63) is 12.7 Å². The minimum Gasteiger partial charge on any atom is -0.349 e. The summed E-state index contributed by atoms with van der Waals surface area (Å²) in [5.74, 6) is -0.235. The molecule has 1 aliphatic carbocycles. The number of sulfonamides is 1. The van der Waals surface area contributed by atoms with Gasteiger partial charge < -0.3 is 5.32 Å². The summed E-state index contributed by atoms with van der Waals surface area (Å²) in [6.07, 6.45) is 4.41. The molecule has 0 aromatic heterocycles. The molecule has 1 aliphatic heterocycles. The summed E-state index contributed by atoms with van der Waals surface area (Å²) < 4.78 is 25.6. The number of nitrogens with one attached hydrogen (secondary N) is 1. The number of rotatable bonds is 4. The SMILES string of the molecule is C=CC(=O)N[C@@H]1CCCN(S(=O)(=O)C2CC2)C1. The molecule has 0 aromatic rings. The third-order valence-electron chi connectivity index (χ3n) is 3.22. The van der Waals surface area contributed by atoms with Crippen molar-refractivity contribution in [3.8, 4) is 0 Å². The van der Waals surface area contributed by atoms with Crippen molar-refractivity contribution < 1.29 is 13.2 Å². The monoisotopic (exact) mass is 258 g/mol. The lowest BCUT2D eigenvalue weighted by Crippen LogP contribution is -2.50. The fraction of sp³-hybridized carbons (Fsp3) is 0.727. The fourth-order valence-electron chi connectivity index (χ4n) is 2.13. The zero-order valence-electron chi connectivity index (χ0n) is 9.76. The second-order valence-electron chi connectivity index (χ2n) is 4.65. The van der Waals surface area contributed by atoms with Gasteiger partial charge in [0.05, 0.1) is 5.25 Å². The maximum atomic E-state index is 12.0. The maximum Gasteiger partial charge on any atom is 0.243 e. The average Bonchev–Trinajstić information content (AvgIpc) is 3.13. The number of carbonyl (C=O) groups is 1. The van der Waals surface area contributed by atoms with E-state index >= 15 is 0 Å². The van der Waals surface area contributed by atoms with Crippen LogP contribution in [0.4, 0.5) is 0 Å². The lowest BCUT2D eigenvalue weighted by Gasteiger charge is -2.32. The smallest absolute Gasteiger partial charge is 0.243 e. The lowest BCUT2D eigenvalue weighted by molar-refractivity contribution is -0.117. The minimum absolute atomic E-state index is 0.0808. The van der Waals surface area contributed by atoms with Crippen LogP contribution in [0.5, 0.6) is 0 Å². The van der Waals surface area contributed by atoms with Gasteiger partial charge in [0, 0.05) is 19.1 Å². The van der Waals surface area contributed by atoms with Crippen molar-refractivity contribution >= 4 is 15.9 Å². The van der Waals surface area contributed by atoms with Gasteiger partial charge in [0.15, 0.2) is 0 Å². The van der Waals surface area contributed by atoms with E-state index in [1.165, 1.54) is 10.4 Å². The van der Waals surface area contributed by atoms with Gasteiger partial charge in [-0.3, -0.25) is 4.79 Å². The molecule has 2 fully saturated rings. The van der Waals surface area contributed by atoms with Crippen LogP contribution in [0.2, 0.25) is 0 Å². The summed E-state index contributed by atoms with van der Waals surface area (Å²) in [4.78, 5) is 11.2. The Bertz CT molecular complexity index is 414. The molecule has 0 unspecified atom stereocenters. The molecule has 17 heavy (non-hydrogen) atoms. The normalized spacial score (nSPS) is 26.5. The Balaban J connectivity index is 1.97. The number of piperidine rings is 1. The standard InChI is InChI=1S/C11H18N2O3S/c1-2-11(14)12-9-4-3-7-13(8-9)17(15,16)10-5-6-10/h2,9-10H,1,3-8H2,(H,12,14)/t9-/m1/s1. The highest BCUT2D eigenvalue weighted by molar-refractivity contribution is 7.90. The summed E-state index contributed by atoms with van der Waals surface area (Å²) in [5.41, 5.74) is 0. The Kier molecular flexibility index (Phi) is 3.53. The first-order valence-electron chi connectivity index (χ1n) is 5.96. The van der Waals surface area contributed by atoms with E-state index in [1.807, 2.05) is 0 Å². The first-order valence-corrected chi connectivity index (χ1v) is 7.46. The minimum atomic E-state index is -3.11. The van der Waals surface area contributed by atoms with Crippen LogP contribution in [0.25, 0.3) is 0 Å². The first kappa shape index (κ1) is 12.6. The molecule has 0 bridgehead atoms. The van der Waals surface area contributed by atoms with Crippen LogP contribution < -0.4 is 5.32 Å². The van der Waals surface area contributed by atoms with E-state index in [0.29, 0.717) is 13.1 Å². The van der Waals surface area contributed by atoms with Crippen molar-refractivity contribution in [2.24, 2.45) is 0 Å². The topological polar surface area (TPSA) is 66.5 Å². The molecule has 1 atom stereocenters. The molecule has 96 valence electrons. The van der Waals surface area contributed by atoms with Gasteiger partial charge in [0.2, 0.25) is 15.9 Å². The Morgan fingerprint density at radius 2 is 2.06 bits per heavy atom. The summed E-state index contributed by atoms with van der Waals surface area (Å²) in [7, 11) is -3.11. The summed E-state index contributed by atoms with van der Waals surface area (Å²) in [5, 5.41) is 2.60. The van der Waals surface area contributed by atoms with Gasteiger partial charge in [-0.15, -0.1) is 0 Å². The Labute approximate surface area is 102 Å². The molecule has 1 saturated heterocycles. The van der Waals surface area contributed by atoms with Crippen LogP contribution in [0.3, 0.4) is 0 Å². The molecule has 1 N–H and O–H groups in total. The van der Waals surface area contributed by atoms with E-state index in [4.69, 9.17) is 0 Å². The molecule has 0 radical (unpaired) electrons. The van der Waals surface area contributed by atoms with E-state index in [2.05, 4.69) is 11.9 Å². The quantitative estimate of drug-likeness (QED) is 0.735. The Morgan fingerprint density at radius 1 is 1.35 bits per heavy atom. The van der Waals surface area contributed by atoms with Crippen molar-refractivity contribution in [1.82, 2.24) is 9.62 Å². The highest BCUT2D eigenvalue weighted by Gasteiger charge is 2.41. The van der Waals surface area contributed by atoms with Crippen molar-refractivity contribution in [2.75, 3.05) is 13.1 Å². The second-order valence-corrected chi connectivity index (χ2v) is 6.87. The zero-order valence-corrected chi connectivity index (χ0v) is 10.6. The van der Waals surface area contributed by atoms with Crippen LogP contribution in [0.15, 0.2) is 12.7 Å². The molecule has 0 spiro atoms. The third kappa shape index (κ3) is 2.87. The zero-order chi connectivity index (χ0) is 12.5. The van der Waals surface area contributed by atoms with Gasteiger partial charge in [-0.1, -0.05) is 6.58 Å². The molecule has 0 aromatic carbocycles. The highest BCUT2D eigenvalue weighted by Crippen LogP contribution is 2.32. The van der Waals surface area contributed by atoms with Crippen LogP contribution in [-0.4, -0.2) is 43.0 Å². The van der Waals surface area contributed by atoms with Crippen LogP contribution in [0.1, 0.15) is 25.7 Å². The molecular formula is C11H18N2O3S. The van der Waals surface area contributed by atoms with Gasteiger partial charge in [-0.2, -0.15) is 4.31 Å². The first-order chi connectivity index (χ1) is 8.04. The second kappa shape index (κ2) is 4.78. The van der Waals surface area contributed by atoms with Crippen molar-refractivity contribution in [3.63, 3.8) is 0 Å². The summed E-state index contributed by atoms with van der Waals surface area (Å²) in [6.45, 7) is 4.37. The number of hydrogen-bond acceptors (Lipinski definition) is 3. The van der Waals surface area contributed by atoms with Gasteiger partial charge >= 0.3 is 0 Å². The Hall–Kier alpha value is -0.880. The predicted octanol–water partition coefficient (Wildman–Crippen LogP) is 0.245. The average molecular weight is 258 g/mol. The number of nitrogens with zero attached hydrogens (tertiary/aromatic N) is 1. The molecule has 2 rings (SSSR count). The van der Waals surface area contributed by atoms with E-state index < -0.39 is 10.0 Å². The van der Waals surface area contributed by atoms with Gasteiger partial charge in [-0.05, 0) is 31.8 Å². The molecule has 1 heterocycles. The van der Waals surface area contributed by atoms with Gasteiger partial charge in [0.1, 0.15) is 0 Å². The van der Waals surface area contributed by atoms with E-state index in [-0.39, 0.29) is 17.2 Å². The van der Waals surface area contributed by atoms with Crippen LogP contribution in [-0.2, 0) is 14.8 Å². The van der Waals surface area contributed by atoms with Crippen LogP contribution in [0, 0.1) is 0 Å². The fourth-order valence-corrected chi connectivity index (χ4v) is 4.05. The highest BCUT2D eigenvalue weighted by atomic mass is 32.2. The van der Waals surface area contributed by atoms with Gasteiger partial charge in [-0.25, -0.2) is 8.42 Å². The number of amides is 1. The van der Waals surface area contributed by atoms with Crippen molar-refractivity contribution in [1.29, 1.82) is 0 Å². The maximum absolute atomic E-state index is 12.0. The lowest BCUT2D eigenvalue weighted by atomic mass is 10.1. The molecule has 5 nitrogen and oxygen atoms in total. The summed E-state index contributed by atoms with van der Waals surface area (Å²) in [6, 6.07) is -0.0808. The largest absolute Gasteiger partial charge is 0.349 e. The Morgan fingerprint density at radius 3 is 2.65 bits per heavy atom. The summed E-state index contributed by atoms with van der Waals surface area (Å²) >= 11 is 0. The molecular weight excluding hydrogens is 240 g/mol. The predicted molar refractivity (Wildman–Crippen MR) is 64.9 cm³/mol. The number of hydrogen-bond donors (Lipinski definition) is 1. The third-order valence-corrected chi connectivity index (χ3v) is 5.59. The molecule has 1 amide bonds. The van der Waals surface area contributed by atoms with E-state index in [0.717, 1.165) is 25.7 Å². The van der Waals surface area contributed by atoms with Crippen molar-refractivity contribution in [2.45, 2.75) is 37.0 Å². The van der Waals surface area contributed by atoms with Crippen LogP contribution >= 0.6 is 0 Å². The van der Waals surface area contributed by atoms with Gasteiger partial charge in [0.25, 0.3) is 0 Å². The molecule has 6 heteroatoms. The molecule has 2 aliphatic rings.